The summed E-state index contributed by atoms with van der Waals surface area (Å²) in [5.74, 6) is 0.576. The van der Waals surface area contributed by atoms with Crippen molar-refractivity contribution in [1.29, 1.82) is 5.26 Å². The van der Waals surface area contributed by atoms with E-state index in [0.717, 1.165) is 37.3 Å². The van der Waals surface area contributed by atoms with Crippen molar-refractivity contribution in [3.05, 3.63) is 44.6 Å². The first-order valence-corrected chi connectivity index (χ1v) is 9.88. The largest absolute Gasteiger partial charge is 0.357 e. The minimum absolute atomic E-state index is 0.105. The number of thiocarbonyl (C=S) groups is 1. The molecule has 0 aliphatic carbocycles. The molecular formula is C19H20N4O2S2. The molecule has 0 aromatic carbocycles. The number of nitrogens with zero attached hydrogens (tertiary/aromatic N) is 4. The lowest BCUT2D eigenvalue weighted by Gasteiger charge is -2.25. The van der Waals surface area contributed by atoms with Crippen LogP contribution in [0.4, 0.5) is 5.82 Å². The molecule has 8 heteroatoms. The molecule has 2 aliphatic heterocycles. The third kappa shape index (κ3) is 3.33. The number of amides is 1. The Morgan fingerprint density at radius 2 is 2.00 bits per heavy atom. The Hall–Kier alpha value is -2.37. The highest BCUT2D eigenvalue weighted by Gasteiger charge is 2.32. The lowest BCUT2D eigenvalue weighted by atomic mass is 10.0. The molecule has 2 aliphatic rings. The van der Waals surface area contributed by atoms with Gasteiger partial charge in [-0.3, -0.25) is 19.1 Å². The summed E-state index contributed by atoms with van der Waals surface area (Å²) in [6.45, 7) is 7.47. The van der Waals surface area contributed by atoms with E-state index < -0.39 is 0 Å². The molecule has 0 bridgehead atoms. The van der Waals surface area contributed by atoms with Crippen LogP contribution in [0.2, 0.25) is 0 Å². The first-order valence-electron chi connectivity index (χ1n) is 8.65. The molecule has 1 amide bonds. The zero-order chi connectivity index (χ0) is 19.7. The molecule has 2 saturated heterocycles. The van der Waals surface area contributed by atoms with Crippen LogP contribution < -0.4 is 10.5 Å². The monoisotopic (exact) mass is 400 g/mol. The average molecular weight is 401 g/mol. The van der Waals surface area contributed by atoms with Gasteiger partial charge in [-0.2, -0.15) is 5.26 Å². The quantitative estimate of drug-likeness (QED) is 0.440. The number of anilines is 1. The van der Waals surface area contributed by atoms with Crippen LogP contribution in [0, 0.1) is 18.3 Å². The predicted molar refractivity (Wildman–Crippen MR) is 113 cm³/mol. The number of carbonyl (C=O) groups is 1. The summed E-state index contributed by atoms with van der Waals surface area (Å²) in [6.07, 6.45) is 5.50. The number of nitriles is 1. The summed E-state index contributed by atoms with van der Waals surface area (Å²) in [5, 5.41) is 9.46. The zero-order valence-corrected chi connectivity index (χ0v) is 17.0. The average Bonchev–Trinajstić information content (AvgIpc) is 3.25. The molecule has 0 atom stereocenters. The van der Waals surface area contributed by atoms with E-state index in [4.69, 9.17) is 12.2 Å². The molecule has 1 aromatic rings. The van der Waals surface area contributed by atoms with Gasteiger partial charge < -0.3 is 4.90 Å². The Bertz CT molecular complexity index is 965. The fourth-order valence-electron chi connectivity index (χ4n) is 3.44. The number of thioether (sulfide) groups is 1. The van der Waals surface area contributed by atoms with Crippen LogP contribution in [0.15, 0.2) is 22.4 Å². The number of hydrogen-bond acceptors (Lipinski definition) is 6. The van der Waals surface area contributed by atoms with Gasteiger partial charge in [-0.25, -0.2) is 0 Å². The summed E-state index contributed by atoms with van der Waals surface area (Å²) < 4.78 is 2.00. The standard InChI is InChI=1S/C19H20N4O2S2/c1-4-7-23-18(25)15(27-19(23)26)10-13-12(2)14(11-20)17(24)21(3)16(13)22-8-5-6-9-22/h4,10H,1,5-9H2,2-3H3. The van der Waals surface area contributed by atoms with Crippen LogP contribution in [0.3, 0.4) is 0 Å². The molecule has 140 valence electrons. The van der Waals surface area contributed by atoms with Gasteiger partial charge in [-0.05, 0) is 31.4 Å². The van der Waals surface area contributed by atoms with Crippen LogP contribution in [0.1, 0.15) is 29.5 Å². The van der Waals surface area contributed by atoms with Gasteiger partial charge in [0.1, 0.15) is 21.8 Å². The second kappa shape index (κ2) is 7.71. The van der Waals surface area contributed by atoms with Crippen molar-refractivity contribution in [2.75, 3.05) is 24.5 Å². The molecule has 0 saturated carbocycles. The number of carbonyl (C=O) groups excluding carboxylic acids is 1. The van der Waals surface area contributed by atoms with Crippen LogP contribution in [0.25, 0.3) is 6.08 Å². The van der Waals surface area contributed by atoms with E-state index in [2.05, 4.69) is 11.5 Å². The first kappa shape index (κ1) is 19.4. The fraction of sp³-hybridized carbons (Fsp3) is 0.368. The summed E-state index contributed by atoms with van der Waals surface area (Å²) in [4.78, 5) is 29.5. The van der Waals surface area contributed by atoms with Gasteiger partial charge in [0.2, 0.25) is 0 Å². The number of hydrogen-bond donors (Lipinski definition) is 0. The third-order valence-corrected chi connectivity index (χ3v) is 6.21. The lowest BCUT2D eigenvalue weighted by molar-refractivity contribution is -0.121. The minimum atomic E-state index is -0.312. The summed E-state index contributed by atoms with van der Waals surface area (Å²) >= 11 is 6.54. The Morgan fingerprint density at radius 3 is 2.59 bits per heavy atom. The van der Waals surface area contributed by atoms with Gasteiger partial charge >= 0.3 is 0 Å². The molecule has 0 spiro atoms. The second-order valence-corrected chi connectivity index (χ2v) is 8.16. The summed E-state index contributed by atoms with van der Waals surface area (Å²) in [6, 6.07) is 2.01. The first-order chi connectivity index (χ1) is 12.9. The fourth-order valence-corrected chi connectivity index (χ4v) is 4.70. The number of rotatable bonds is 4. The zero-order valence-electron chi connectivity index (χ0n) is 15.3. The van der Waals surface area contributed by atoms with E-state index in [9.17, 15) is 14.9 Å². The van der Waals surface area contributed by atoms with Gasteiger partial charge in [0.15, 0.2) is 0 Å². The van der Waals surface area contributed by atoms with Crippen molar-refractivity contribution in [1.82, 2.24) is 9.47 Å². The van der Waals surface area contributed by atoms with Crippen molar-refractivity contribution >= 4 is 46.1 Å². The van der Waals surface area contributed by atoms with Gasteiger partial charge in [0.25, 0.3) is 11.5 Å². The van der Waals surface area contributed by atoms with Crippen LogP contribution in [-0.4, -0.2) is 39.3 Å². The maximum absolute atomic E-state index is 12.7. The van der Waals surface area contributed by atoms with E-state index in [1.807, 2.05) is 6.07 Å². The van der Waals surface area contributed by atoms with Crippen LogP contribution >= 0.6 is 24.0 Å². The summed E-state index contributed by atoms with van der Waals surface area (Å²) in [7, 11) is 1.68. The molecular weight excluding hydrogens is 380 g/mol. The van der Waals surface area contributed by atoms with E-state index in [0.29, 0.717) is 21.3 Å². The molecule has 27 heavy (non-hydrogen) atoms. The predicted octanol–water partition coefficient (Wildman–Crippen LogP) is 2.55. The highest BCUT2D eigenvalue weighted by Crippen LogP contribution is 2.36. The van der Waals surface area contributed by atoms with Gasteiger partial charge in [-0.15, -0.1) is 6.58 Å². The van der Waals surface area contributed by atoms with Crippen molar-refractivity contribution in [3.8, 4) is 6.07 Å². The maximum Gasteiger partial charge on any atom is 0.270 e. The Labute approximate surface area is 167 Å². The SMILES string of the molecule is C=CCN1C(=O)C(=Cc2c(C)c(C#N)c(=O)n(C)c2N2CCCC2)SC1=S. The molecule has 0 N–H and O–H groups in total. The Morgan fingerprint density at radius 1 is 1.33 bits per heavy atom. The van der Waals surface area contributed by atoms with E-state index >= 15 is 0 Å². The van der Waals surface area contributed by atoms with Crippen molar-refractivity contribution < 1.29 is 4.79 Å². The highest BCUT2D eigenvalue weighted by molar-refractivity contribution is 8.26. The molecule has 0 unspecified atom stereocenters. The number of pyridine rings is 1. The molecule has 3 heterocycles. The van der Waals surface area contributed by atoms with Crippen molar-refractivity contribution in [2.24, 2.45) is 7.05 Å². The second-order valence-electron chi connectivity index (χ2n) is 6.49. The molecule has 3 rings (SSSR count). The topological polar surface area (TPSA) is 69.3 Å². The maximum atomic E-state index is 12.7. The van der Waals surface area contributed by atoms with Crippen LogP contribution in [0.5, 0.6) is 0 Å². The third-order valence-electron chi connectivity index (χ3n) is 4.83. The normalized spacial score (nSPS) is 18.5. The van der Waals surface area contributed by atoms with Gasteiger partial charge in [0.05, 0.1) is 4.91 Å². The Balaban J connectivity index is 2.20. The van der Waals surface area contributed by atoms with Gasteiger partial charge in [-0.1, -0.05) is 30.1 Å². The molecule has 2 fully saturated rings. The van der Waals surface area contributed by atoms with E-state index in [1.54, 1.807) is 26.1 Å². The molecule has 0 radical (unpaired) electrons. The summed E-state index contributed by atoms with van der Waals surface area (Å²) in [5.41, 5.74) is 1.12. The van der Waals surface area contributed by atoms with Crippen LogP contribution in [-0.2, 0) is 11.8 Å². The van der Waals surface area contributed by atoms with Crippen molar-refractivity contribution in [2.45, 2.75) is 19.8 Å². The minimum Gasteiger partial charge on any atom is -0.357 e. The number of aromatic nitrogens is 1. The van der Waals surface area contributed by atoms with Crippen molar-refractivity contribution in [3.63, 3.8) is 0 Å². The molecule has 6 nitrogen and oxygen atoms in total. The molecule has 1 aromatic heterocycles. The Kier molecular flexibility index (Phi) is 5.53. The van der Waals surface area contributed by atoms with Gasteiger partial charge in [0, 0.05) is 32.2 Å². The smallest absolute Gasteiger partial charge is 0.270 e. The van der Waals surface area contributed by atoms with E-state index in [-0.39, 0.29) is 17.0 Å². The lowest BCUT2D eigenvalue weighted by Crippen LogP contribution is -2.31. The van der Waals surface area contributed by atoms with E-state index in [1.165, 1.54) is 21.2 Å². The highest BCUT2D eigenvalue weighted by atomic mass is 32.2.